The van der Waals surface area contributed by atoms with Crippen molar-refractivity contribution in [2.24, 2.45) is 0 Å². The van der Waals surface area contributed by atoms with Crippen molar-refractivity contribution in [3.8, 4) is 11.1 Å². The standard InChI is InChI=1S/C19H23NO2S/c1-2-13-8-10-14(11-9-13)16-12-23-18(20)17(16)19(21)22-15-6-4-3-5-7-15/h8-12,15H,2-7,20H2,1H3. The molecule has 122 valence electrons. The summed E-state index contributed by atoms with van der Waals surface area (Å²) in [5.74, 6) is -0.273. The Morgan fingerprint density at radius 1 is 1.22 bits per heavy atom. The first-order chi connectivity index (χ1) is 11.2. The van der Waals surface area contributed by atoms with Crippen molar-refractivity contribution in [1.29, 1.82) is 0 Å². The molecule has 1 saturated carbocycles. The minimum atomic E-state index is -0.273. The summed E-state index contributed by atoms with van der Waals surface area (Å²) in [6, 6.07) is 8.30. The van der Waals surface area contributed by atoms with E-state index >= 15 is 0 Å². The molecule has 0 aliphatic heterocycles. The molecular weight excluding hydrogens is 306 g/mol. The molecule has 2 N–H and O–H groups in total. The number of hydrogen-bond acceptors (Lipinski definition) is 4. The average Bonchev–Trinajstić information content (AvgIpc) is 2.97. The summed E-state index contributed by atoms with van der Waals surface area (Å²) in [5.41, 5.74) is 9.78. The molecule has 3 rings (SSSR count). The fourth-order valence-corrected chi connectivity index (χ4v) is 3.92. The molecule has 1 aliphatic rings. The third-order valence-electron chi connectivity index (χ3n) is 4.52. The van der Waals surface area contributed by atoms with Gasteiger partial charge in [0.05, 0.1) is 0 Å². The molecule has 0 atom stereocenters. The molecule has 0 spiro atoms. The summed E-state index contributed by atoms with van der Waals surface area (Å²) in [6.45, 7) is 2.13. The Kier molecular flexibility index (Phi) is 5.01. The van der Waals surface area contributed by atoms with Crippen molar-refractivity contribution < 1.29 is 9.53 Å². The largest absolute Gasteiger partial charge is 0.459 e. The van der Waals surface area contributed by atoms with E-state index < -0.39 is 0 Å². The van der Waals surface area contributed by atoms with Gasteiger partial charge in [-0.05, 0) is 43.2 Å². The van der Waals surface area contributed by atoms with E-state index in [2.05, 4.69) is 31.2 Å². The minimum absolute atomic E-state index is 0.0471. The smallest absolute Gasteiger partial charge is 0.342 e. The van der Waals surface area contributed by atoms with Crippen LogP contribution < -0.4 is 5.73 Å². The molecule has 3 nitrogen and oxygen atoms in total. The number of thiophene rings is 1. The van der Waals surface area contributed by atoms with Gasteiger partial charge in [-0.3, -0.25) is 0 Å². The van der Waals surface area contributed by atoms with Gasteiger partial charge in [-0.25, -0.2) is 4.79 Å². The first-order valence-corrected chi connectivity index (χ1v) is 9.24. The Morgan fingerprint density at radius 3 is 2.57 bits per heavy atom. The number of aryl methyl sites for hydroxylation is 1. The molecule has 0 saturated heterocycles. The van der Waals surface area contributed by atoms with Gasteiger partial charge in [-0.15, -0.1) is 11.3 Å². The molecule has 0 unspecified atom stereocenters. The van der Waals surface area contributed by atoms with Crippen molar-refractivity contribution >= 4 is 22.3 Å². The molecular formula is C19H23NO2S. The molecule has 0 amide bonds. The third-order valence-corrected chi connectivity index (χ3v) is 5.33. The highest BCUT2D eigenvalue weighted by Gasteiger charge is 2.24. The monoisotopic (exact) mass is 329 g/mol. The second-order valence-electron chi connectivity index (χ2n) is 6.10. The van der Waals surface area contributed by atoms with Crippen LogP contribution in [0.5, 0.6) is 0 Å². The predicted molar refractivity (Wildman–Crippen MR) is 95.8 cm³/mol. The summed E-state index contributed by atoms with van der Waals surface area (Å²) in [6.07, 6.45) is 6.51. The van der Waals surface area contributed by atoms with E-state index in [1.165, 1.54) is 23.3 Å². The van der Waals surface area contributed by atoms with Crippen LogP contribution in [0.2, 0.25) is 0 Å². The van der Waals surface area contributed by atoms with Gasteiger partial charge in [0.15, 0.2) is 0 Å². The molecule has 1 aromatic heterocycles. The summed E-state index contributed by atoms with van der Waals surface area (Å²) in [7, 11) is 0. The topological polar surface area (TPSA) is 52.3 Å². The number of anilines is 1. The number of hydrogen-bond donors (Lipinski definition) is 1. The zero-order chi connectivity index (χ0) is 16.2. The highest BCUT2D eigenvalue weighted by molar-refractivity contribution is 7.14. The summed E-state index contributed by atoms with van der Waals surface area (Å²) in [4.78, 5) is 12.6. The second-order valence-corrected chi connectivity index (χ2v) is 7.02. The van der Waals surface area contributed by atoms with E-state index in [1.54, 1.807) is 0 Å². The summed E-state index contributed by atoms with van der Waals surface area (Å²) >= 11 is 1.40. The molecule has 23 heavy (non-hydrogen) atoms. The van der Waals surface area contributed by atoms with E-state index in [0.717, 1.165) is 43.2 Å². The van der Waals surface area contributed by atoms with Gasteiger partial charge in [-0.2, -0.15) is 0 Å². The number of nitrogen functional groups attached to an aromatic ring is 1. The molecule has 0 radical (unpaired) electrons. The maximum Gasteiger partial charge on any atom is 0.342 e. The zero-order valence-electron chi connectivity index (χ0n) is 13.5. The van der Waals surface area contributed by atoms with Crippen LogP contribution in [0, 0.1) is 0 Å². The van der Waals surface area contributed by atoms with Gasteiger partial charge >= 0.3 is 5.97 Å². The van der Waals surface area contributed by atoms with Crippen molar-refractivity contribution in [1.82, 2.24) is 0 Å². The van der Waals surface area contributed by atoms with Gasteiger partial charge in [0.25, 0.3) is 0 Å². The highest BCUT2D eigenvalue weighted by atomic mass is 32.1. The average molecular weight is 329 g/mol. The number of nitrogens with two attached hydrogens (primary N) is 1. The predicted octanol–water partition coefficient (Wildman–Crippen LogP) is 5.05. The maximum absolute atomic E-state index is 12.6. The second kappa shape index (κ2) is 7.18. The van der Waals surface area contributed by atoms with E-state index in [0.29, 0.717) is 10.6 Å². The van der Waals surface area contributed by atoms with E-state index in [4.69, 9.17) is 10.5 Å². The molecule has 2 aromatic rings. The van der Waals surface area contributed by atoms with Gasteiger partial charge in [0.1, 0.15) is 16.7 Å². The highest BCUT2D eigenvalue weighted by Crippen LogP contribution is 2.35. The number of benzene rings is 1. The number of ether oxygens (including phenoxy) is 1. The Hall–Kier alpha value is -1.81. The van der Waals surface area contributed by atoms with Crippen LogP contribution in [0.3, 0.4) is 0 Å². The molecule has 1 heterocycles. The van der Waals surface area contributed by atoms with Crippen LogP contribution in [-0.4, -0.2) is 12.1 Å². The van der Waals surface area contributed by atoms with E-state index in [9.17, 15) is 4.79 Å². The summed E-state index contributed by atoms with van der Waals surface area (Å²) in [5, 5.41) is 2.49. The lowest BCUT2D eigenvalue weighted by atomic mass is 9.97. The van der Waals surface area contributed by atoms with Crippen LogP contribution in [0.15, 0.2) is 29.6 Å². The molecule has 0 bridgehead atoms. The van der Waals surface area contributed by atoms with Gasteiger partial charge in [-0.1, -0.05) is 37.6 Å². The Labute approximate surface area is 141 Å². The normalized spacial score (nSPS) is 15.5. The minimum Gasteiger partial charge on any atom is -0.459 e. The van der Waals surface area contributed by atoms with Gasteiger partial charge in [0, 0.05) is 10.9 Å². The third kappa shape index (κ3) is 3.58. The van der Waals surface area contributed by atoms with E-state index in [-0.39, 0.29) is 12.1 Å². The molecule has 1 aromatic carbocycles. The molecule has 1 fully saturated rings. The fraction of sp³-hybridized carbons (Fsp3) is 0.421. The Morgan fingerprint density at radius 2 is 1.91 bits per heavy atom. The summed E-state index contributed by atoms with van der Waals surface area (Å²) < 4.78 is 5.71. The number of esters is 1. The van der Waals surface area contributed by atoms with Crippen LogP contribution in [0.25, 0.3) is 11.1 Å². The Bertz CT molecular complexity index is 669. The SMILES string of the molecule is CCc1ccc(-c2csc(N)c2C(=O)OC2CCCCC2)cc1. The van der Waals surface area contributed by atoms with Crippen LogP contribution in [-0.2, 0) is 11.2 Å². The van der Waals surface area contributed by atoms with Gasteiger partial charge in [0.2, 0.25) is 0 Å². The Balaban J connectivity index is 1.83. The molecule has 4 heteroatoms. The van der Waals surface area contributed by atoms with Gasteiger partial charge < -0.3 is 10.5 Å². The quantitative estimate of drug-likeness (QED) is 0.799. The van der Waals surface area contributed by atoms with Crippen LogP contribution in [0.1, 0.15) is 54.9 Å². The molecule has 1 aliphatic carbocycles. The zero-order valence-corrected chi connectivity index (χ0v) is 14.3. The lowest BCUT2D eigenvalue weighted by Gasteiger charge is -2.22. The number of carbonyl (C=O) groups excluding carboxylic acids is 1. The lowest BCUT2D eigenvalue weighted by molar-refractivity contribution is 0.0214. The van der Waals surface area contributed by atoms with Crippen molar-refractivity contribution in [2.75, 3.05) is 5.73 Å². The van der Waals surface area contributed by atoms with Crippen LogP contribution >= 0.6 is 11.3 Å². The first-order valence-electron chi connectivity index (χ1n) is 8.36. The lowest BCUT2D eigenvalue weighted by Crippen LogP contribution is -2.21. The number of rotatable bonds is 4. The van der Waals surface area contributed by atoms with Crippen molar-refractivity contribution in [3.05, 3.63) is 40.8 Å². The maximum atomic E-state index is 12.6. The fourth-order valence-electron chi connectivity index (χ4n) is 3.11. The van der Waals surface area contributed by atoms with Crippen LogP contribution in [0.4, 0.5) is 5.00 Å². The van der Waals surface area contributed by atoms with Crippen molar-refractivity contribution in [2.45, 2.75) is 51.6 Å². The first kappa shape index (κ1) is 16.1. The number of carbonyl (C=O) groups is 1. The van der Waals surface area contributed by atoms with Crippen molar-refractivity contribution in [3.63, 3.8) is 0 Å². The van der Waals surface area contributed by atoms with E-state index in [1.807, 2.05) is 5.38 Å².